The van der Waals surface area contributed by atoms with E-state index in [4.69, 9.17) is 0 Å². The molecule has 1 aliphatic rings. The fourth-order valence-electron chi connectivity index (χ4n) is 1.43. The first-order chi connectivity index (χ1) is 6.59. The Morgan fingerprint density at radius 1 is 1.14 bits per heavy atom. The van der Waals surface area contributed by atoms with E-state index < -0.39 is 0 Å². The first kappa shape index (κ1) is 10.9. The van der Waals surface area contributed by atoms with Crippen LogP contribution in [0.4, 0.5) is 0 Å². The van der Waals surface area contributed by atoms with Crippen molar-refractivity contribution in [3.63, 3.8) is 0 Å². The van der Waals surface area contributed by atoms with Gasteiger partial charge in [-0.05, 0) is 33.9 Å². The normalized spacial score (nSPS) is 17.2. The lowest BCUT2D eigenvalue weighted by atomic mass is 10.2. The van der Waals surface area contributed by atoms with Crippen LogP contribution >= 0.6 is 0 Å². The molecule has 4 nitrogen and oxygen atoms in total. The molecule has 4 heteroatoms. The number of nitrogens with one attached hydrogen (secondary N) is 1. The topological polar surface area (TPSA) is 49.4 Å². The minimum atomic E-state index is -0.136. The van der Waals surface area contributed by atoms with Gasteiger partial charge in [-0.1, -0.05) is 0 Å². The highest BCUT2D eigenvalue weighted by Crippen LogP contribution is 2.19. The van der Waals surface area contributed by atoms with Crippen molar-refractivity contribution in [1.29, 1.82) is 0 Å². The molecule has 1 rings (SSSR count). The van der Waals surface area contributed by atoms with E-state index in [0.717, 1.165) is 13.0 Å². The number of carbonyl (C=O) groups is 2. The summed E-state index contributed by atoms with van der Waals surface area (Å²) in [6, 6.07) is 0. The monoisotopic (exact) mass is 196 g/mol. The first-order valence-electron chi connectivity index (χ1n) is 4.78. The molecule has 0 spiro atoms. The standard InChI is InChI=1S/C10H16N2O2/c1-7-8(2)10(14)12(9(7)13)6-4-5-11-3/h11H,4-6H2,1-3H3. The maximum absolute atomic E-state index is 11.5. The highest BCUT2D eigenvalue weighted by atomic mass is 16.2. The number of rotatable bonds is 4. The minimum Gasteiger partial charge on any atom is -0.320 e. The third kappa shape index (κ3) is 1.85. The summed E-state index contributed by atoms with van der Waals surface area (Å²) < 4.78 is 0. The third-order valence-corrected chi connectivity index (χ3v) is 2.50. The van der Waals surface area contributed by atoms with Crippen molar-refractivity contribution in [2.45, 2.75) is 20.3 Å². The average molecular weight is 196 g/mol. The van der Waals surface area contributed by atoms with E-state index >= 15 is 0 Å². The second-order valence-corrected chi connectivity index (χ2v) is 3.47. The van der Waals surface area contributed by atoms with Crippen molar-refractivity contribution in [3.05, 3.63) is 11.1 Å². The van der Waals surface area contributed by atoms with Crippen LogP contribution in [0.5, 0.6) is 0 Å². The largest absolute Gasteiger partial charge is 0.320 e. The van der Waals surface area contributed by atoms with Crippen LogP contribution in [0.25, 0.3) is 0 Å². The number of nitrogens with zero attached hydrogens (tertiary/aromatic N) is 1. The van der Waals surface area contributed by atoms with Crippen molar-refractivity contribution >= 4 is 11.8 Å². The molecule has 0 fully saturated rings. The summed E-state index contributed by atoms with van der Waals surface area (Å²) in [7, 11) is 1.85. The van der Waals surface area contributed by atoms with Gasteiger partial charge in [0.15, 0.2) is 0 Å². The molecule has 0 aliphatic carbocycles. The van der Waals surface area contributed by atoms with Gasteiger partial charge in [0.25, 0.3) is 11.8 Å². The van der Waals surface area contributed by atoms with Gasteiger partial charge in [0.2, 0.25) is 0 Å². The van der Waals surface area contributed by atoms with Crippen molar-refractivity contribution < 1.29 is 9.59 Å². The Morgan fingerprint density at radius 2 is 1.64 bits per heavy atom. The molecule has 0 saturated carbocycles. The molecule has 0 saturated heterocycles. The maximum Gasteiger partial charge on any atom is 0.256 e. The van der Waals surface area contributed by atoms with E-state index in [-0.39, 0.29) is 11.8 Å². The van der Waals surface area contributed by atoms with Gasteiger partial charge in [0.1, 0.15) is 0 Å². The van der Waals surface area contributed by atoms with Gasteiger partial charge >= 0.3 is 0 Å². The Morgan fingerprint density at radius 3 is 2.07 bits per heavy atom. The van der Waals surface area contributed by atoms with Crippen molar-refractivity contribution in [2.24, 2.45) is 0 Å². The van der Waals surface area contributed by atoms with Crippen LogP contribution in [0.3, 0.4) is 0 Å². The highest BCUT2D eigenvalue weighted by molar-refractivity contribution is 6.18. The molecular formula is C10H16N2O2. The summed E-state index contributed by atoms with van der Waals surface area (Å²) >= 11 is 0. The molecule has 1 heterocycles. The Labute approximate surface area is 84.0 Å². The first-order valence-corrected chi connectivity index (χ1v) is 4.78. The van der Waals surface area contributed by atoms with Gasteiger partial charge in [-0.25, -0.2) is 0 Å². The maximum atomic E-state index is 11.5. The van der Waals surface area contributed by atoms with E-state index in [1.54, 1.807) is 13.8 Å². The van der Waals surface area contributed by atoms with E-state index in [1.165, 1.54) is 4.90 Å². The van der Waals surface area contributed by atoms with Gasteiger partial charge in [-0.2, -0.15) is 0 Å². The molecule has 1 aliphatic heterocycles. The van der Waals surface area contributed by atoms with Gasteiger partial charge in [-0.15, -0.1) is 0 Å². The lowest BCUT2D eigenvalue weighted by molar-refractivity contribution is -0.137. The average Bonchev–Trinajstić information content (AvgIpc) is 2.35. The molecule has 0 aromatic rings. The van der Waals surface area contributed by atoms with Crippen molar-refractivity contribution in [2.75, 3.05) is 20.1 Å². The molecule has 0 atom stereocenters. The Balaban J connectivity index is 2.58. The number of imide groups is 1. The van der Waals surface area contributed by atoms with Crippen molar-refractivity contribution in [3.8, 4) is 0 Å². The summed E-state index contributed by atoms with van der Waals surface area (Å²) in [5.74, 6) is -0.271. The van der Waals surface area contributed by atoms with Crippen LogP contribution in [0.15, 0.2) is 11.1 Å². The second-order valence-electron chi connectivity index (χ2n) is 3.47. The van der Waals surface area contributed by atoms with Gasteiger partial charge in [0, 0.05) is 17.7 Å². The summed E-state index contributed by atoms with van der Waals surface area (Å²) in [5, 5.41) is 2.98. The summed E-state index contributed by atoms with van der Waals surface area (Å²) in [5.41, 5.74) is 1.17. The predicted molar refractivity (Wildman–Crippen MR) is 53.6 cm³/mol. The molecule has 0 aromatic heterocycles. The molecule has 0 radical (unpaired) electrons. The molecule has 0 bridgehead atoms. The third-order valence-electron chi connectivity index (χ3n) is 2.50. The quantitative estimate of drug-likeness (QED) is 0.519. The molecule has 2 amide bonds. The molecule has 0 unspecified atom stereocenters. The lowest BCUT2D eigenvalue weighted by Gasteiger charge is -2.14. The Kier molecular flexibility index (Phi) is 3.41. The Hall–Kier alpha value is -1.16. The number of carbonyl (C=O) groups excluding carboxylic acids is 2. The fraction of sp³-hybridized carbons (Fsp3) is 0.600. The van der Waals surface area contributed by atoms with Crippen LogP contribution in [-0.2, 0) is 9.59 Å². The number of hydrogen-bond donors (Lipinski definition) is 1. The van der Waals surface area contributed by atoms with Gasteiger partial charge in [0.05, 0.1) is 0 Å². The SMILES string of the molecule is CNCCCN1C(=O)C(C)=C(C)C1=O. The number of hydrogen-bond acceptors (Lipinski definition) is 3. The minimum absolute atomic E-state index is 0.136. The zero-order valence-corrected chi connectivity index (χ0v) is 8.89. The van der Waals surface area contributed by atoms with E-state index in [1.807, 2.05) is 7.05 Å². The Bertz CT molecular complexity index is 270. The smallest absolute Gasteiger partial charge is 0.256 e. The fourth-order valence-corrected chi connectivity index (χ4v) is 1.43. The zero-order chi connectivity index (χ0) is 10.7. The molecule has 0 aromatic carbocycles. The number of amides is 2. The van der Waals surface area contributed by atoms with Crippen LogP contribution in [-0.4, -0.2) is 36.9 Å². The van der Waals surface area contributed by atoms with Gasteiger partial charge < -0.3 is 5.32 Å². The molecule has 14 heavy (non-hydrogen) atoms. The molecule has 78 valence electrons. The highest BCUT2D eigenvalue weighted by Gasteiger charge is 2.32. The molecule has 1 N–H and O–H groups in total. The summed E-state index contributed by atoms with van der Waals surface area (Å²) in [6.45, 7) is 4.73. The van der Waals surface area contributed by atoms with Crippen LogP contribution in [0.2, 0.25) is 0 Å². The zero-order valence-electron chi connectivity index (χ0n) is 8.89. The van der Waals surface area contributed by atoms with Gasteiger partial charge in [-0.3, -0.25) is 14.5 Å². The predicted octanol–water partition coefficient (Wildman–Crippen LogP) is 0.301. The second kappa shape index (κ2) is 4.37. The summed E-state index contributed by atoms with van der Waals surface area (Å²) in [6.07, 6.45) is 0.800. The van der Waals surface area contributed by atoms with Crippen molar-refractivity contribution in [1.82, 2.24) is 10.2 Å². The van der Waals surface area contributed by atoms with Crippen LogP contribution < -0.4 is 5.32 Å². The van der Waals surface area contributed by atoms with Crippen LogP contribution in [0, 0.1) is 0 Å². The summed E-state index contributed by atoms with van der Waals surface area (Å²) in [4.78, 5) is 24.4. The van der Waals surface area contributed by atoms with E-state index in [0.29, 0.717) is 17.7 Å². The van der Waals surface area contributed by atoms with Crippen LogP contribution in [0.1, 0.15) is 20.3 Å². The lowest BCUT2D eigenvalue weighted by Crippen LogP contribution is -2.33. The molecular weight excluding hydrogens is 180 g/mol. The van der Waals surface area contributed by atoms with E-state index in [9.17, 15) is 9.59 Å². The van der Waals surface area contributed by atoms with E-state index in [2.05, 4.69) is 5.32 Å².